The van der Waals surface area contributed by atoms with Gasteiger partial charge in [0, 0.05) is 15.4 Å². The van der Waals surface area contributed by atoms with Gasteiger partial charge >= 0.3 is 0 Å². The quantitative estimate of drug-likeness (QED) is 0.864. The van der Waals surface area contributed by atoms with Gasteiger partial charge in [-0.3, -0.25) is 0 Å². The van der Waals surface area contributed by atoms with Crippen LogP contribution < -0.4 is 5.32 Å². The first-order valence-electron chi connectivity index (χ1n) is 6.07. The van der Waals surface area contributed by atoms with Gasteiger partial charge in [-0.05, 0) is 60.3 Å². The maximum absolute atomic E-state index is 3.62. The molecule has 1 N–H and O–H groups in total. The number of rotatable bonds is 4. The lowest BCUT2D eigenvalue weighted by Crippen LogP contribution is -2.18. The highest BCUT2D eigenvalue weighted by Gasteiger charge is 2.14. The minimum absolute atomic E-state index is 0.376. The fourth-order valence-corrected chi connectivity index (χ4v) is 4.06. The molecular formula is C15H18BrNS. The summed E-state index contributed by atoms with van der Waals surface area (Å²) < 4.78 is 1.20. The third-order valence-electron chi connectivity index (χ3n) is 3.03. The molecule has 1 aromatic carbocycles. The maximum Gasteiger partial charge on any atom is 0.0464 e. The molecule has 2 rings (SSSR count). The lowest BCUT2D eigenvalue weighted by atomic mass is 10.0. The van der Waals surface area contributed by atoms with Gasteiger partial charge in [-0.25, -0.2) is 0 Å². The SMILES string of the molecule is CNC(Cc1cc(C)cc(C)c1)c1sccc1Br. The second kappa shape index (κ2) is 6.00. The zero-order valence-corrected chi connectivity index (χ0v) is 13.4. The van der Waals surface area contributed by atoms with E-state index in [0.717, 1.165) is 6.42 Å². The van der Waals surface area contributed by atoms with E-state index in [1.165, 1.54) is 26.0 Å². The van der Waals surface area contributed by atoms with Crippen molar-refractivity contribution in [2.75, 3.05) is 7.05 Å². The molecule has 1 atom stereocenters. The number of hydrogen-bond acceptors (Lipinski definition) is 2. The summed E-state index contributed by atoms with van der Waals surface area (Å²) in [5.74, 6) is 0. The molecule has 2 aromatic rings. The predicted molar refractivity (Wildman–Crippen MR) is 83.4 cm³/mol. The van der Waals surface area contributed by atoms with Crippen LogP contribution in [0.1, 0.15) is 27.6 Å². The van der Waals surface area contributed by atoms with Gasteiger partial charge in [0.15, 0.2) is 0 Å². The van der Waals surface area contributed by atoms with E-state index in [-0.39, 0.29) is 0 Å². The largest absolute Gasteiger partial charge is 0.312 e. The van der Waals surface area contributed by atoms with Crippen molar-refractivity contribution in [3.05, 3.63) is 55.7 Å². The Morgan fingerprint density at radius 1 is 1.22 bits per heavy atom. The number of halogens is 1. The van der Waals surface area contributed by atoms with Gasteiger partial charge in [-0.2, -0.15) is 0 Å². The highest BCUT2D eigenvalue weighted by atomic mass is 79.9. The zero-order chi connectivity index (χ0) is 13.1. The average Bonchev–Trinajstić information content (AvgIpc) is 2.71. The third kappa shape index (κ3) is 3.22. The van der Waals surface area contributed by atoms with Crippen LogP contribution in [0.5, 0.6) is 0 Å². The van der Waals surface area contributed by atoms with Crippen LogP contribution in [0.3, 0.4) is 0 Å². The number of benzene rings is 1. The molecule has 1 heterocycles. The van der Waals surface area contributed by atoms with Crippen molar-refractivity contribution in [1.29, 1.82) is 0 Å². The molecule has 0 saturated heterocycles. The predicted octanol–water partition coefficient (Wildman–Crippen LogP) is 4.63. The van der Waals surface area contributed by atoms with E-state index >= 15 is 0 Å². The smallest absolute Gasteiger partial charge is 0.0464 e. The number of thiophene rings is 1. The molecule has 96 valence electrons. The summed E-state index contributed by atoms with van der Waals surface area (Å²) in [6, 6.07) is 9.27. The number of aryl methyl sites for hydroxylation is 2. The number of nitrogens with one attached hydrogen (secondary N) is 1. The molecule has 0 bridgehead atoms. The molecule has 0 aliphatic rings. The monoisotopic (exact) mass is 323 g/mol. The van der Waals surface area contributed by atoms with Crippen LogP contribution in [0, 0.1) is 13.8 Å². The summed E-state index contributed by atoms with van der Waals surface area (Å²) in [7, 11) is 2.03. The molecule has 1 aromatic heterocycles. The van der Waals surface area contributed by atoms with E-state index in [4.69, 9.17) is 0 Å². The molecular weight excluding hydrogens is 306 g/mol. The molecule has 0 amide bonds. The third-order valence-corrected chi connectivity index (χ3v) is 5.02. The van der Waals surface area contributed by atoms with Crippen LogP contribution in [0.25, 0.3) is 0 Å². The Bertz CT molecular complexity index is 513. The Morgan fingerprint density at radius 2 is 1.89 bits per heavy atom. The highest BCUT2D eigenvalue weighted by molar-refractivity contribution is 9.10. The molecule has 0 fully saturated rings. The topological polar surface area (TPSA) is 12.0 Å². The lowest BCUT2D eigenvalue weighted by Gasteiger charge is -2.16. The summed E-state index contributed by atoms with van der Waals surface area (Å²) in [4.78, 5) is 1.37. The summed E-state index contributed by atoms with van der Waals surface area (Å²) in [5.41, 5.74) is 4.07. The standard InChI is InChI=1S/C15H18BrNS/c1-10-6-11(2)8-12(7-10)9-14(17-3)15-13(16)4-5-18-15/h4-8,14,17H,9H2,1-3H3. The van der Waals surface area contributed by atoms with Crippen molar-refractivity contribution in [2.45, 2.75) is 26.3 Å². The number of hydrogen-bond donors (Lipinski definition) is 1. The van der Waals surface area contributed by atoms with Crippen molar-refractivity contribution < 1.29 is 0 Å². The van der Waals surface area contributed by atoms with Crippen LogP contribution in [-0.4, -0.2) is 7.05 Å². The second-order valence-electron chi connectivity index (χ2n) is 4.67. The first kappa shape index (κ1) is 13.8. The summed E-state index contributed by atoms with van der Waals surface area (Å²) in [5, 5.41) is 5.54. The molecule has 0 aliphatic heterocycles. The maximum atomic E-state index is 3.62. The van der Waals surface area contributed by atoms with Crippen LogP contribution in [-0.2, 0) is 6.42 Å². The highest BCUT2D eigenvalue weighted by Crippen LogP contribution is 2.31. The van der Waals surface area contributed by atoms with Crippen LogP contribution in [0.2, 0.25) is 0 Å². The van der Waals surface area contributed by atoms with Gasteiger partial charge < -0.3 is 5.32 Å². The van der Waals surface area contributed by atoms with Crippen molar-refractivity contribution in [2.24, 2.45) is 0 Å². The summed E-state index contributed by atoms with van der Waals surface area (Å²) in [6.45, 7) is 4.32. The first-order chi connectivity index (χ1) is 8.60. The Hall–Kier alpha value is -0.640. The average molecular weight is 324 g/mol. The van der Waals surface area contributed by atoms with Crippen molar-refractivity contribution in [3.63, 3.8) is 0 Å². The van der Waals surface area contributed by atoms with Crippen molar-refractivity contribution in [3.8, 4) is 0 Å². The van der Waals surface area contributed by atoms with Gasteiger partial charge in [0.2, 0.25) is 0 Å². The fourth-order valence-electron chi connectivity index (χ4n) is 2.30. The van der Waals surface area contributed by atoms with E-state index in [1.54, 1.807) is 11.3 Å². The van der Waals surface area contributed by atoms with Crippen molar-refractivity contribution >= 4 is 27.3 Å². The molecule has 1 unspecified atom stereocenters. The lowest BCUT2D eigenvalue weighted by molar-refractivity contribution is 0.600. The summed E-state index contributed by atoms with van der Waals surface area (Å²) >= 11 is 5.42. The van der Waals surface area contributed by atoms with E-state index in [9.17, 15) is 0 Å². The molecule has 0 saturated carbocycles. The van der Waals surface area contributed by atoms with Crippen molar-refractivity contribution in [1.82, 2.24) is 5.32 Å². The minimum atomic E-state index is 0.376. The Labute approximate surface area is 121 Å². The summed E-state index contributed by atoms with van der Waals surface area (Å²) in [6.07, 6.45) is 1.03. The first-order valence-corrected chi connectivity index (χ1v) is 7.74. The van der Waals surface area contributed by atoms with Crippen LogP contribution in [0.15, 0.2) is 34.1 Å². The minimum Gasteiger partial charge on any atom is -0.312 e. The van der Waals surface area contributed by atoms with Gasteiger partial charge in [-0.15, -0.1) is 11.3 Å². The van der Waals surface area contributed by atoms with E-state index in [2.05, 4.69) is 64.7 Å². The van der Waals surface area contributed by atoms with Gasteiger partial charge in [0.1, 0.15) is 0 Å². The van der Waals surface area contributed by atoms with E-state index in [1.807, 2.05) is 7.05 Å². The Balaban J connectivity index is 2.23. The molecule has 0 spiro atoms. The van der Waals surface area contributed by atoms with Gasteiger partial charge in [0.25, 0.3) is 0 Å². The van der Waals surface area contributed by atoms with E-state index in [0.29, 0.717) is 6.04 Å². The molecule has 0 aliphatic carbocycles. The van der Waals surface area contributed by atoms with Crippen LogP contribution >= 0.6 is 27.3 Å². The van der Waals surface area contributed by atoms with E-state index < -0.39 is 0 Å². The Kier molecular flexibility index (Phi) is 4.60. The fraction of sp³-hybridized carbons (Fsp3) is 0.333. The van der Waals surface area contributed by atoms with Crippen LogP contribution in [0.4, 0.5) is 0 Å². The normalized spacial score (nSPS) is 12.7. The molecule has 3 heteroatoms. The number of likely N-dealkylation sites (N-methyl/N-ethyl adjacent to an activating group) is 1. The molecule has 1 nitrogen and oxygen atoms in total. The second-order valence-corrected chi connectivity index (χ2v) is 6.48. The molecule has 18 heavy (non-hydrogen) atoms. The molecule has 0 radical (unpaired) electrons. The van der Waals surface area contributed by atoms with Gasteiger partial charge in [-0.1, -0.05) is 29.3 Å². The zero-order valence-electron chi connectivity index (χ0n) is 11.0. The van der Waals surface area contributed by atoms with Gasteiger partial charge in [0.05, 0.1) is 0 Å². The Morgan fingerprint density at radius 3 is 2.39 bits per heavy atom.